The van der Waals surface area contributed by atoms with E-state index in [2.05, 4.69) is 0 Å². The van der Waals surface area contributed by atoms with Crippen LogP contribution in [0.4, 0.5) is 18.9 Å². The number of fused-ring (bicyclic) bond motifs is 3. The molecule has 0 bridgehead atoms. The first-order chi connectivity index (χ1) is 15.7. The number of halogens is 3. The number of hydrogen-bond acceptors (Lipinski definition) is 8. The van der Waals surface area contributed by atoms with Crippen LogP contribution in [0.5, 0.6) is 11.5 Å². The van der Waals surface area contributed by atoms with Crippen LogP contribution in [0.2, 0.25) is 0 Å². The van der Waals surface area contributed by atoms with Crippen LogP contribution >= 0.6 is 0 Å². The Balaban J connectivity index is 1.94. The third-order valence-electron chi connectivity index (χ3n) is 6.07. The van der Waals surface area contributed by atoms with Gasteiger partial charge >= 0.3 is 12.1 Å². The molecule has 12 heteroatoms. The van der Waals surface area contributed by atoms with Crippen molar-refractivity contribution in [3.63, 3.8) is 0 Å². The molecule has 0 fully saturated rings. The zero-order valence-electron chi connectivity index (χ0n) is 17.3. The number of carbonyl (C=O) groups is 4. The van der Waals surface area contributed by atoms with E-state index in [1.54, 1.807) is 0 Å². The minimum Gasteiger partial charge on any atom is -0.507 e. The topological polar surface area (TPSA) is 161 Å². The van der Waals surface area contributed by atoms with Gasteiger partial charge in [-0.15, -0.1) is 0 Å². The van der Waals surface area contributed by atoms with Crippen molar-refractivity contribution in [1.29, 1.82) is 0 Å². The second-order valence-electron chi connectivity index (χ2n) is 8.16. The van der Waals surface area contributed by atoms with Crippen LogP contribution in [-0.2, 0) is 16.0 Å². The van der Waals surface area contributed by atoms with Crippen LogP contribution in [0.1, 0.15) is 62.4 Å². The van der Waals surface area contributed by atoms with Gasteiger partial charge in [0.05, 0.1) is 28.5 Å². The molecule has 0 unspecified atom stereocenters. The number of aliphatic hydroxyl groups is 2. The molecule has 0 aliphatic heterocycles. The number of anilines is 1. The van der Waals surface area contributed by atoms with Gasteiger partial charge in [-0.25, -0.2) is 0 Å². The molecule has 0 heterocycles. The molecule has 5 N–H and O–H groups in total. The van der Waals surface area contributed by atoms with E-state index in [0.29, 0.717) is 0 Å². The molecule has 9 nitrogen and oxygen atoms in total. The lowest BCUT2D eigenvalue weighted by Gasteiger charge is -2.36. The van der Waals surface area contributed by atoms with Crippen molar-refractivity contribution in [2.45, 2.75) is 37.6 Å². The van der Waals surface area contributed by atoms with E-state index >= 15 is 0 Å². The smallest absolute Gasteiger partial charge is 0.471 e. The third kappa shape index (κ3) is 3.25. The van der Waals surface area contributed by atoms with Gasteiger partial charge in [-0.05, 0) is 13.0 Å². The summed E-state index contributed by atoms with van der Waals surface area (Å²) in [4.78, 5) is 49.8. The average Bonchev–Trinajstić information content (AvgIpc) is 2.73. The largest absolute Gasteiger partial charge is 0.507 e. The SMILES string of the molecule is CC(=O)[C@]1(O)Cc2c(O)c3c(c(O)c2[C@@H](O)C1)C(=O)c1c(NC(=O)C(F)(F)F)cccc1C3=O. The fourth-order valence-electron chi connectivity index (χ4n) is 4.37. The molecule has 34 heavy (non-hydrogen) atoms. The number of phenols is 2. The predicted octanol–water partition coefficient (Wildman–Crippen LogP) is 1.67. The Morgan fingerprint density at radius 2 is 1.68 bits per heavy atom. The number of nitrogens with one attached hydrogen (secondary N) is 1. The van der Waals surface area contributed by atoms with Crippen molar-refractivity contribution in [2.24, 2.45) is 0 Å². The molecule has 2 aromatic rings. The monoisotopic (exact) mass is 479 g/mol. The Morgan fingerprint density at radius 3 is 2.26 bits per heavy atom. The molecule has 1 amide bonds. The molecule has 2 aliphatic rings. The van der Waals surface area contributed by atoms with Gasteiger partial charge in [0.2, 0.25) is 0 Å². The number of Topliss-reactive ketones (excluding diaryl/α,β-unsaturated/α-hetero) is 1. The quantitative estimate of drug-likeness (QED) is 0.347. The van der Waals surface area contributed by atoms with Crippen LogP contribution in [-0.4, -0.2) is 55.5 Å². The lowest BCUT2D eigenvalue weighted by Crippen LogP contribution is -2.44. The lowest BCUT2D eigenvalue weighted by molar-refractivity contribution is -0.167. The molecular weight excluding hydrogens is 463 g/mol. The standard InChI is InChI=1S/C22H16F3NO8/c1-7(27)21(34)5-9-13(11(28)6-21)19(32)15-14(17(9)30)16(29)8-3-2-4-10(12(8)18(15)31)26-20(33)22(23,24)25/h2-4,11,28,30,32,34H,5-6H2,1H3,(H,26,33)/t11-,21-/m0/s1. The normalized spacial score (nSPS) is 21.4. The molecular formula is C22H16F3NO8. The second kappa shape index (κ2) is 7.37. The average molecular weight is 479 g/mol. The summed E-state index contributed by atoms with van der Waals surface area (Å²) in [6.07, 6.45) is -8.16. The highest BCUT2D eigenvalue weighted by Crippen LogP contribution is 2.50. The molecule has 2 aliphatic carbocycles. The second-order valence-corrected chi connectivity index (χ2v) is 8.16. The number of rotatable bonds is 2. The van der Waals surface area contributed by atoms with Crippen molar-refractivity contribution < 1.29 is 52.8 Å². The summed E-state index contributed by atoms with van der Waals surface area (Å²) in [6, 6.07) is 3.14. The predicted molar refractivity (Wildman–Crippen MR) is 107 cm³/mol. The number of amides is 1. The lowest BCUT2D eigenvalue weighted by atomic mass is 9.72. The number of benzene rings is 2. The van der Waals surface area contributed by atoms with Gasteiger partial charge in [0.25, 0.3) is 0 Å². The number of alkyl halides is 3. The molecule has 0 saturated heterocycles. The van der Waals surface area contributed by atoms with E-state index in [1.807, 2.05) is 0 Å². The summed E-state index contributed by atoms with van der Waals surface area (Å²) in [5.74, 6) is -7.18. The first kappa shape index (κ1) is 23.4. The number of aliphatic hydroxyl groups excluding tert-OH is 1. The highest BCUT2D eigenvalue weighted by atomic mass is 19.4. The molecule has 4 rings (SSSR count). The van der Waals surface area contributed by atoms with Crippen molar-refractivity contribution in [2.75, 3.05) is 5.32 Å². The summed E-state index contributed by atoms with van der Waals surface area (Å²) >= 11 is 0. The number of hydrogen-bond donors (Lipinski definition) is 5. The Hall–Kier alpha value is -3.77. The minimum atomic E-state index is -5.29. The van der Waals surface area contributed by atoms with E-state index in [1.165, 1.54) is 5.32 Å². The van der Waals surface area contributed by atoms with Gasteiger partial charge in [-0.1, -0.05) is 12.1 Å². The highest BCUT2D eigenvalue weighted by Gasteiger charge is 2.47. The van der Waals surface area contributed by atoms with Gasteiger partial charge in [-0.2, -0.15) is 13.2 Å². The van der Waals surface area contributed by atoms with Crippen molar-refractivity contribution in [1.82, 2.24) is 0 Å². The maximum atomic E-state index is 13.3. The van der Waals surface area contributed by atoms with Crippen LogP contribution in [0.25, 0.3) is 0 Å². The van der Waals surface area contributed by atoms with Crippen molar-refractivity contribution in [3.05, 3.63) is 51.6 Å². The third-order valence-corrected chi connectivity index (χ3v) is 6.07. The Bertz CT molecular complexity index is 1320. The minimum absolute atomic E-state index is 0.321. The summed E-state index contributed by atoms with van der Waals surface area (Å²) in [5.41, 5.74) is -6.06. The van der Waals surface area contributed by atoms with Gasteiger partial charge in [0, 0.05) is 29.5 Å². The van der Waals surface area contributed by atoms with Gasteiger partial charge in [-0.3, -0.25) is 19.2 Å². The number of ketones is 3. The van der Waals surface area contributed by atoms with Crippen LogP contribution in [0.15, 0.2) is 18.2 Å². The first-order valence-electron chi connectivity index (χ1n) is 9.81. The molecule has 0 saturated carbocycles. The Labute approximate surface area is 188 Å². The van der Waals surface area contributed by atoms with E-state index in [4.69, 9.17) is 0 Å². The van der Waals surface area contributed by atoms with Crippen molar-refractivity contribution >= 4 is 28.9 Å². The fraction of sp³-hybridized carbons (Fsp3) is 0.273. The number of aromatic hydroxyl groups is 2. The van der Waals surface area contributed by atoms with Crippen LogP contribution < -0.4 is 5.32 Å². The maximum absolute atomic E-state index is 13.3. The summed E-state index contributed by atoms with van der Waals surface area (Å²) in [6.45, 7) is 1.05. The molecule has 0 aromatic heterocycles. The number of carbonyl (C=O) groups excluding carboxylic acids is 4. The van der Waals surface area contributed by atoms with E-state index in [0.717, 1.165) is 25.1 Å². The molecule has 2 atom stereocenters. The number of phenolic OH excluding ortho intramolecular Hbond substituents is 2. The summed E-state index contributed by atoms with van der Waals surface area (Å²) in [7, 11) is 0. The van der Waals surface area contributed by atoms with E-state index in [-0.39, 0.29) is 5.56 Å². The molecule has 2 aromatic carbocycles. The zero-order valence-corrected chi connectivity index (χ0v) is 17.3. The van der Waals surface area contributed by atoms with Crippen LogP contribution in [0, 0.1) is 0 Å². The highest BCUT2D eigenvalue weighted by molar-refractivity contribution is 6.32. The zero-order chi connectivity index (χ0) is 25.3. The summed E-state index contributed by atoms with van der Waals surface area (Å²) in [5, 5.41) is 44.2. The van der Waals surface area contributed by atoms with E-state index in [9.17, 15) is 52.8 Å². The van der Waals surface area contributed by atoms with Gasteiger partial charge in [0.1, 0.15) is 17.1 Å². The molecule has 178 valence electrons. The maximum Gasteiger partial charge on any atom is 0.471 e. The Kier molecular flexibility index (Phi) is 5.07. The van der Waals surface area contributed by atoms with E-state index < -0.39 is 99.0 Å². The fourth-order valence-corrected chi connectivity index (χ4v) is 4.37. The summed E-state index contributed by atoms with van der Waals surface area (Å²) < 4.78 is 38.2. The van der Waals surface area contributed by atoms with Gasteiger partial charge in [0.15, 0.2) is 17.3 Å². The van der Waals surface area contributed by atoms with Crippen molar-refractivity contribution in [3.8, 4) is 11.5 Å². The first-order valence-corrected chi connectivity index (χ1v) is 9.81. The molecule has 0 radical (unpaired) electrons. The van der Waals surface area contributed by atoms with Crippen LogP contribution in [0.3, 0.4) is 0 Å². The Morgan fingerprint density at radius 1 is 1.06 bits per heavy atom. The van der Waals surface area contributed by atoms with Gasteiger partial charge < -0.3 is 25.7 Å². The molecule has 0 spiro atoms.